The van der Waals surface area contributed by atoms with Gasteiger partial charge in [-0.2, -0.15) is 0 Å². The predicted molar refractivity (Wildman–Crippen MR) is 64.8 cm³/mol. The number of nitrogens with zero attached hydrogens (tertiary/aromatic N) is 1. The molecule has 1 N–H and O–H groups in total. The lowest BCUT2D eigenvalue weighted by molar-refractivity contribution is 0.209. The van der Waals surface area contributed by atoms with Gasteiger partial charge in [0.1, 0.15) is 0 Å². The third kappa shape index (κ3) is 2.57. The van der Waals surface area contributed by atoms with Gasteiger partial charge in [0.15, 0.2) is 0 Å². The van der Waals surface area contributed by atoms with Crippen molar-refractivity contribution in [2.24, 2.45) is 5.92 Å². The smallest absolute Gasteiger partial charge is 0.213 e. The molecular weight excluding hydrogens is 224 g/mol. The quantitative estimate of drug-likeness (QED) is 0.784. The fourth-order valence-electron chi connectivity index (χ4n) is 2.81. The zero-order valence-corrected chi connectivity index (χ0v) is 10.8. The Morgan fingerprint density at radius 1 is 1.31 bits per heavy atom. The monoisotopic (exact) mass is 246 g/mol. The summed E-state index contributed by atoms with van der Waals surface area (Å²) in [5.41, 5.74) is 0. The molecule has 0 amide bonds. The highest BCUT2D eigenvalue weighted by molar-refractivity contribution is 7.89. The lowest BCUT2D eigenvalue weighted by atomic mass is 9.90. The Labute approximate surface area is 98.4 Å². The molecule has 2 fully saturated rings. The Kier molecular flexibility index (Phi) is 3.87. The van der Waals surface area contributed by atoms with E-state index in [2.05, 4.69) is 5.32 Å². The topological polar surface area (TPSA) is 49.4 Å². The van der Waals surface area contributed by atoms with E-state index in [1.165, 1.54) is 19.3 Å². The first-order valence-corrected chi connectivity index (χ1v) is 7.95. The largest absolute Gasteiger partial charge is 0.314 e. The number of rotatable bonds is 2. The van der Waals surface area contributed by atoms with Crippen LogP contribution in [0.4, 0.5) is 0 Å². The van der Waals surface area contributed by atoms with E-state index in [4.69, 9.17) is 0 Å². The summed E-state index contributed by atoms with van der Waals surface area (Å²) in [4.78, 5) is 0. The molecular formula is C11H22N2O2S. The third-order valence-electron chi connectivity index (χ3n) is 3.86. The molecule has 0 aliphatic carbocycles. The van der Waals surface area contributed by atoms with Crippen LogP contribution in [0.5, 0.6) is 0 Å². The van der Waals surface area contributed by atoms with Gasteiger partial charge in [-0.15, -0.1) is 0 Å². The van der Waals surface area contributed by atoms with Crippen molar-refractivity contribution in [1.29, 1.82) is 0 Å². The minimum Gasteiger partial charge on any atom is -0.314 e. The molecule has 2 aliphatic rings. The number of sulfonamides is 1. The number of hydrogen-bond acceptors (Lipinski definition) is 3. The Morgan fingerprint density at radius 2 is 2.12 bits per heavy atom. The number of piperidine rings is 1. The third-order valence-corrected chi connectivity index (χ3v) is 5.71. The zero-order chi connectivity index (χ0) is 11.6. The lowest BCUT2D eigenvalue weighted by Crippen LogP contribution is -2.50. The Balaban J connectivity index is 2.03. The maximum atomic E-state index is 11.8. The van der Waals surface area contributed by atoms with Crippen LogP contribution in [0, 0.1) is 5.92 Å². The minimum absolute atomic E-state index is 0.234. The maximum absolute atomic E-state index is 11.8. The van der Waals surface area contributed by atoms with E-state index in [0.29, 0.717) is 18.5 Å². The minimum atomic E-state index is -2.98. The van der Waals surface area contributed by atoms with Crippen molar-refractivity contribution in [1.82, 2.24) is 9.62 Å². The van der Waals surface area contributed by atoms with E-state index in [1.807, 2.05) is 0 Å². The van der Waals surface area contributed by atoms with Crippen molar-refractivity contribution in [2.75, 3.05) is 25.4 Å². The van der Waals surface area contributed by atoms with Crippen molar-refractivity contribution in [3.8, 4) is 0 Å². The molecule has 2 saturated heterocycles. The van der Waals surface area contributed by atoms with Gasteiger partial charge in [0.05, 0.1) is 5.75 Å². The molecule has 0 aromatic carbocycles. The molecule has 0 saturated carbocycles. The number of hydrogen-bond donors (Lipinski definition) is 1. The van der Waals surface area contributed by atoms with Crippen LogP contribution in [0.3, 0.4) is 0 Å². The second kappa shape index (κ2) is 5.02. The van der Waals surface area contributed by atoms with Gasteiger partial charge in [-0.3, -0.25) is 0 Å². The standard InChI is InChI=1S/C11H22N2O2S/c1-2-16(14,15)13-8-6-11-10(9-13)5-3-4-7-12-11/h10-12H,2-9H2,1H3/t10-,11+/m0/s1. The molecule has 0 spiro atoms. The van der Waals surface area contributed by atoms with Gasteiger partial charge in [0.25, 0.3) is 0 Å². The molecule has 0 aromatic rings. The SMILES string of the molecule is CCS(=O)(=O)N1CC[C@H]2NCCCC[C@H]2C1. The van der Waals surface area contributed by atoms with Gasteiger partial charge < -0.3 is 5.32 Å². The molecule has 0 bridgehead atoms. The van der Waals surface area contributed by atoms with Crippen LogP contribution >= 0.6 is 0 Å². The molecule has 94 valence electrons. The molecule has 0 aromatic heterocycles. The van der Waals surface area contributed by atoms with Crippen LogP contribution in [-0.2, 0) is 10.0 Å². The Morgan fingerprint density at radius 3 is 2.88 bits per heavy atom. The van der Waals surface area contributed by atoms with Gasteiger partial charge >= 0.3 is 0 Å². The first kappa shape index (κ1) is 12.3. The summed E-state index contributed by atoms with van der Waals surface area (Å²) in [5.74, 6) is 0.759. The van der Waals surface area contributed by atoms with Gasteiger partial charge in [-0.05, 0) is 38.6 Å². The molecule has 2 heterocycles. The molecule has 16 heavy (non-hydrogen) atoms. The molecule has 2 atom stereocenters. The van der Waals surface area contributed by atoms with Crippen molar-refractivity contribution in [3.05, 3.63) is 0 Å². The molecule has 0 radical (unpaired) electrons. The highest BCUT2D eigenvalue weighted by Crippen LogP contribution is 2.26. The van der Waals surface area contributed by atoms with Gasteiger partial charge in [0.2, 0.25) is 10.0 Å². The summed E-state index contributed by atoms with van der Waals surface area (Å²) in [6.45, 7) is 4.26. The van der Waals surface area contributed by atoms with Crippen LogP contribution < -0.4 is 5.32 Å². The van der Waals surface area contributed by atoms with Crippen molar-refractivity contribution in [3.63, 3.8) is 0 Å². The van der Waals surface area contributed by atoms with E-state index >= 15 is 0 Å². The van der Waals surface area contributed by atoms with Crippen molar-refractivity contribution in [2.45, 2.75) is 38.6 Å². The molecule has 2 aliphatic heterocycles. The van der Waals surface area contributed by atoms with Crippen molar-refractivity contribution < 1.29 is 8.42 Å². The number of fused-ring (bicyclic) bond motifs is 1. The van der Waals surface area contributed by atoms with Crippen LogP contribution in [0.2, 0.25) is 0 Å². The first-order chi connectivity index (χ1) is 7.63. The first-order valence-electron chi connectivity index (χ1n) is 6.34. The predicted octanol–water partition coefficient (Wildman–Crippen LogP) is 0.800. The Bertz CT molecular complexity index is 329. The lowest BCUT2D eigenvalue weighted by Gasteiger charge is -2.37. The van der Waals surface area contributed by atoms with Crippen LogP contribution in [0.1, 0.15) is 32.6 Å². The van der Waals surface area contributed by atoms with Crippen molar-refractivity contribution >= 4 is 10.0 Å². The normalized spacial score (nSPS) is 33.1. The van der Waals surface area contributed by atoms with E-state index in [-0.39, 0.29) is 5.75 Å². The van der Waals surface area contributed by atoms with Gasteiger partial charge in [-0.1, -0.05) is 6.42 Å². The maximum Gasteiger partial charge on any atom is 0.213 e. The summed E-state index contributed by atoms with van der Waals surface area (Å²) in [7, 11) is -2.98. The molecule has 0 unspecified atom stereocenters. The highest BCUT2D eigenvalue weighted by atomic mass is 32.2. The Hall–Kier alpha value is -0.130. The summed E-state index contributed by atoms with van der Waals surface area (Å²) >= 11 is 0. The second-order valence-corrected chi connectivity index (χ2v) is 7.12. The van der Waals surface area contributed by atoms with E-state index in [0.717, 1.165) is 19.5 Å². The highest BCUT2D eigenvalue weighted by Gasteiger charge is 2.34. The fourth-order valence-corrected chi connectivity index (χ4v) is 3.98. The average Bonchev–Trinajstić information content (AvgIpc) is 2.53. The van der Waals surface area contributed by atoms with E-state index in [1.54, 1.807) is 11.2 Å². The van der Waals surface area contributed by atoms with Gasteiger partial charge in [0, 0.05) is 19.1 Å². The summed E-state index contributed by atoms with van der Waals surface area (Å²) < 4.78 is 25.3. The molecule has 5 heteroatoms. The summed E-state index contributed by atoms with van der Waals surface area (Å²) in [6.07, 6.45) is 4.61. The van der Waals surface area contributed by atoms with Crippen LogP contribution in [-0.4, -0.2) is 44.2 Å². The van der Waals surface area contributed by atoms with Crippen LogP contribution in [0.25, 0.3) is 0 Å². The van der Waals surface area contributed by atoms with Gasteiger partial charge in [-0.25, -0.2) is 12.7 Å². The molecule has 2 rings (SSSR count). The van der Waals surface area contributed by atoms with E-state index < -0.39 is 10.0 Å². The summed E-state index contributed by atoms with van der Waals surface area (Å²) in [5, 5.41) is 3.55. The number of nitrogens with one attached hydrogen (secondary N) is 1. The zero-order valence-electron chi connectivity index (χ0n) is 9.98. The molecule has 4 nitrogen and oxygen atoms in total. The summed E-state index contributed by atoms with van der Waals surface area (Å²) in [6, 6.07) is 0.547. The van der Waals surface area contributed by atoms with E-state index in [9.17, 15) is 8.42 Å². The average molecular weight is 246 g/mol. The van der Waals surface area contributed by atoms with Crippen LogP contribution in [0.15, 0.2) is 0 Å². The second-order valence-electron chi connectivity index (χ2n) is 4.86. The fraction of sp³-hybridized carbons (Fsp3) is 1.00.